The van der Waals surface area contributed by atoms with Crippen LogP contribution in [0.15, 0.2) is 22.7 Å². The topological polar surface area (TPSA) is 82.0 Å². The molecular weight excluding hydrogens is 286 g/mol. The van der Waals surface area contributed by atoms with Gasteiger partial charge in [-0.1, -0.05) is 0 Å². The molecule has 5 nitrogen and oxygen atoms in total. The van der Waals surface area contributed by atoms with Gasteiger partial charge >= 0.3 is 0 Å². The second kappa shape index (κ2) is 4.55. The largest absolute Gasteiger partial charge is 0.372 e. The van der Waals surface area contributed by atoms with Crippen molar-refractivity contribution in [3.63, 3.8) is 0 Å². The lowest BCUT2D eigenvalue weighted by atomic mass is 10.2. The minimum atomic E-state index is -0.549. The molecule has 1 aromatic carbocycles. The fourth-order valence-electron chi connectivity index (χ4n) is 1.56. The van der Waals surface area contributed by atoms with Crippen molar-refractivity contribution in [3.05, 3.63) is 28.2 Å². The van der Waals surface area contributed by atoms with E-state index in [1.54, 1.807) is 18.2 Å². The predicted molar refractivity (Wildman–Crippen MR) is 64.0 cm³/mol. The lowest BCUT2D eigenvalue weighted by Crippen LogP contribution is -2.30. The zero-order valence-corrected chi connectivity index (χ0v) is 10.2. The minimum absolute atomic E-state index is 0.130. The van der Waals surface area contributed by atoms with Crippen LogP contribution in [0.1, 0.15) is 12.0 Å². The van der Waals surface area contributed by atoms with Crippen LogP contribution in [0.3, 0.4) is 0 Å². The molecule has 1 saturated heterocycles. The molecule has 6 heteroatoms. The van der Waals surface area contributed by atoms with Crippen LogP contribution in [-0.4, -0.2) is 17.9 Å². The van der Waals surface area contributed by atoms with E-state index < -0.39 is 6.04 Å². The van der Waals surface area contributed by atoms with E-state index in [1.165, 1.54) is 0 Å². The molecule has 1 fully saturated rings. The molecule has 2 amide bonds. The van der Waals surface area contributed by atoms with Crippen LogP contribution >= 0.6 is 15.9 Å². The Morgan fingerprint density at radius 1 is 1.47 bits per heavy atom. The number of nitrogens with zero attached hydrogens (tertiary/aromatic N) is 1. The van der Waals surface area contributed by atoms with Crippen molar-refractivity contribution < 1.29 is 9.59 Å². The lowest BCUT2D eigenvalue weighted by molar-refractivity contribution is -0.124. The number of carbonyl (C=O) groups is 2. The normalized spacial score (nSPS) is 18.7. The first-order valence-corrected chi connectivity index (χ1v) is 5.69. The zero-order chi connectivity index (χ0) is 12.4. The van der Waals surface area contributed by atoms with Gasteiger partial charge in [-0.15, -0.1) is 0 Å². The summed E-state index contributed by atoms with van der Waals surface area (Å²) < 4.78 is 0.684. The minimum Gasteiger partial charge on any atom is -0.372 e. The average Bonchev–Trinajstić information content (AvgIpc) is 2.60. The lowest BCUT2D eigenvalue weighted by Gasteiger charge is -2.12. The summed E-state index contributed by atoms with van der Waals surface area (Å²) in [6, 6.07) is 6.45. The van der Waals surface area contributed by atoms with Gasteiger partial charge in [-0.25, -0.2) is 0 Å². The van der Waals surface area contributed by atoms with Crippen molar-refractivity contribution >= 4 is 33.4 Å². The molecule has 86 valence electrons. The molecule has 1 aliphatic heterocycles. The van der Waals surface area contributed by atoms with Gasteiger partial charge in [0.05, 0.1) is 18.1 Å². The Kier molecular flexibility index (Phi) is 3.11. The summed E-state index contributed by atoms with van der Waals surface area (Å²) in [5.41, 5.74) is 1.20. The van der Waals surface area contributed by atoms with Crippen molar-refractivity contribution in [2.24, 2.45) is 0 Å². The van der Waals surface area contributed by atoms with Crippen LogP contribution in [0, 0.1) is 11.3 Å². The van der Waals surface area contributed by atoms with E-state index >= 15 is 0 Å². The third-order valence-corrected chi connectivity index (χ3v) is 3.05. The second-order valence-electron chi connectivity index (χ2n) is 3.62. The van der Waals surface area contributed by atoms with E-state index in [1.807, 2.05) is 6.07 Å². The van der Waals surface area contributed by atoms with Gasteiger partial charge in [0.1, 0.15) is 6.04 Å². The third kappa shape index (κ3) is 2.45. The molecule has 1 aromatic rings. The molecule has 1 heterocycles. The average molecular weight is 294 g/mol. The Labute approximate surface area is 106 Å². The molecular formula is C11H8BrN3O2. The third-order valence-electron chi connectivity index (χ3n) is 2.40. The van der Waals surface area contributed by atoms with E-state index in [0.717, 1.165) is 0 Å². The molecule has 0 spiro atoms. The maximum Gasteiger partial charge on any atom is 0.249 e. The first-order chi connectivity index (χ1) is 8.10. The summed E-state index contributed by atoms with van der Waals surface area (Å²) in [5.74, 6) is -0.608. The molecule has 0 radical (unpaired) electrons. The number of rotatable bonds is 2. The highest BCUT2D eigenvalue weighted by molar-refractivity contribution is 9.10. The van der Waals surface area contributed by atoms with E-state index in [0.29, 0.717) is 15.7 Å². The Bertz CT molecular complexity index is 536. The molecule has 2 rings (SSSR count). The van der Waals surface area contributed by atoms with Crippen molar-refractivity contribution in [3.8, 4) is 6.07 Å². The number of hydrogen-bond donors (Lipinski definition) is 2. The monoisotopic (exact) mass is 293 g/mol. The molecule has 0 aromatic heterocycles. The van der Waals surface area contributed by atoms with Crippen LogP contribution in [0.5, 0.6) is 0 Å². The first-order valence-electron chi connectivity index (χ1n) is 4.90. The van der Waals surface area contributed by atoms with E-state index in [2.05, 4.69) is 26.6 Å². The fourth-order valence-corrected chi connectivity index (χ4v) is 2.05. The number of imide groups is 1. The smallest absolute Gasteiger partial charge is 0.249 e. The molecule has 0 saturated carbocycles. The van der Waals surface area contributed by atoms with Crippen molar-refractivity contribution in [1.29, 1.82) is 5.26 Å². The molecule has 2 N–H and O–H groups in total. The number of amides is 2. The predicted octanol–water partition coefficient (Wildman–Crippen LogP) is 1.15. The SMILES string of the molecule is N#Cc1ccc(NC2CC(=O)NC2=O)c(Br)c1. The summed E-state index contributed by atoms with van der Waals surface area (Å²) in [7, 11) is 0. The van der Waals surface area contributed by atoms with Crippen molar-refractivity contribution in [1.82, 2.24) is 5.32 Å². The van der Waals surface area contributed by atoms with Gasteiger partial charge in [0, 0.05) is 10.2 Å². The Balaban J connectivity index is 2.17. The second-order valence-corrected chi connectivity index (χ2v) is 4.47. The highest BCUT2D eigenvalue weighted by Gasteiger charge is 2.30. The van der Waals surface area contributed by atoms with Crippen LogP contribution in [0.4, 0.5) is 5.69 Å². The van der Waals surface area contributed by atoms with Crippen LogP contribution in [-0.2, 0) is 9.59 Å². The molecule has 1 atom stereocenters. The van der Waals surface area contributed by atoms with Gasteiger partial charge in [0.25, 0.3) is 0 Å². The van der Waals surface area contributed by atoms with Crippen LogP contribution in [0.25, 0.3) is 0 Å². The number of hydrogen-bond acceptors (Lipinski definition) is 4. The summed E-state index contributed by atoms with van der Waals surface area (Å²) in [5, 5.41) is 13.9. The van der Waals surface area contributed by atoms with Gasteiger partial charge in [0.2, 0.25) is 11.8 Å². The highest BCUT2D eigenvalue weighted by Crippen LogP contribution is 2.25. The Hall–Kier alpha value is -1.87. The maximum atomic E-state index is 11.4. The fraction of sp³-hybridized carbons (Fsp3) is 0.182. The molecule has 1 aliphatic rings. The summed E-state index contributed by atoms with van der Waals surface area (Å²) >= 11 is 3.30. The van der Waals surface area contributed by atoms with Gasteiger partial charge in [-0.05, 0) is 34.1 Å². The molecule has 17 heavy (non-hydrogen) atoms. The number of benzene rings is 1. The number of anilines is 1. The van der Waals surface area contributed by atoms with Gasteiger partial charge < -0.3 is 5.32 Å². The van der Waals surface area contributed by atoms with Crippen molar-refractivity contribution in [2.75, 3.05) is 5.32 Å². The van der Waals surface area contributed by atoms with Gasteiger partial charge in [0.15, 0.2) is 0 Å². The molecule has 0 aliphatic carbocycles. The summed E-state index contributed by atoms with van der Waals surface area (Å²) in [6.07, 6.45) is 0.130. The number of halogens is 1. The number of carbonyl (C=O) groups excluding carboxylic acids is 2. The summed E-state index contributed by atoms with van der Waals surface area (Å²) in [4.78, 5) is 22.4. The van der Waals surface area contributed by atoms with Gasteiger partial charge in [-0.2, -0.15) is 5.26 Å². The highest BCUT2D eigenvalue weighted by atomic mass is 79.9. The molecule has 0 bridgehead atoms. The zero-order valence-electron chi connectivity index (χ0n) is 8.66. The first kappa shape index (κ1) is 11.6. The summed E-state index contributed by atoms with van der Waals surface area (Å²) in [6.45, 7) is 0. The number of nitrogens with one attached hydrogen (secondary N) is 2. The Morgan fingerprint density at radius 3 is 2.76 bits per heavy atom. The van der Waals surface area contributed by atoms with E-state index in [-0.39, 0.29) is 18.2 Å². The Morgan fingerprint density at radius 2 is 2.24 bits per heavy atom. The number of nitriles is 1. The molecule has 1 unspecified atom stereocenters. The van der Waals surface area contributed by atoms with E-state index in [4.69, 9.17) is 5.26 Å². The van der Waals surface area contributed by atoms with Crippen molar-refractivity contribution in [2.45, 2.75) is 12.5 Å². The van der Waals surface area contributed by atoms with Crippen LogP contribution in [0.2, 0.25) is 0 Å². The van der Waals surface area contributed by atoms with Crippen LogP contribution < -0.4 is 10.6 Å². The maximum absolute atomic E-state index is 11.4. The standard InChI is InChI=1S/C11H8BrN3O2/c12-7-3-6(5-13)1-2-8(7)14-9-4-10(16)15-11(9)17/h1-3,9,14H,4H2,(H,15,16,17). The quantitative estimate of drug-likeness (QED) is 0.802. The van der Waals surface area contributed by atoms with E-state index in [9.17, 15) is 9.59 Å². The van der Waals surface area contributed by atoms with Gasteiger partial charge in [-0.3, -0.25) is 14.9 Å².